The molecule has 0 aliphatic heterocycles. The summed E-state index contributed by atoms with van der Waals surface area (Å²) in [7, 11) is 1.69. The topological polar surface area (TPSA) is 58.6 Å². The number of carbonyl (C=O) groups excluding carboxylic acids is 2. The van der Waals surface area contributed by atoms with Gasteiger partial charge < -0.3 is 15.0 Å². The number of ether oxygens (including phenoxy) is 1. The number of anilines is 2. The van der Waals surface area contributed by atoms with E-state index in [1.807, 2.05) is 30.3 Å². The Morgan fingerprint density at radius 3 is 2.58 bits per heavy atom. The minimum atomic E-state index is -0.250. The number of rotatable bonds is 6. The molecule has 0 bridgehead atoms. The monoisotopic (exact) mass is 326 g/mol. The molecule has 0 saturated carbocycles. The maximum absolute atomic E-state index is 12.0. The Labute approximate surface area is 142 Å². The third-order valence-electron chi connectivity index (χ3n) is 3.67. The van der Waals surface area contributed by atoms with Gasteiger partial charge in [-0.25, -0.2) is 0 Å². The molecule has 0 saturated heterocycles. The van der Waals surface area contributed by atoms with Crippen molar-refractivity contribution in [2.75, 3.05) is 23.9 Å². The minimum Gasteiger partial charge on any atom is -0.484 e. The van der Waals surface area contributed by atoms with Crippen LogP contribution in [0.25, 0.3) is 0 Å². The fourth-order valence-corrected chi connectivity index (χ4v) is 2.18. The van der Waals surface area contributed by atoms with E-state index in [2.05, 4.69) is 12.2 Å². The zero-order valence-corrected chi connectivity index (χ0v) is 14.2. The van der Waals surface area contributed by atoms with Gasteiger partial charge in [-0.05, 0) is 42.3 Å². The maximum atomic E-state index is 12.0. The summed E-state index contributed by atoms with van der Waals surface area (Å²) in [5.74, 6) is 0.353. The number of nitrogens with one attached hydrogen (secondary N) is 1. The van der Waals surface area contributed by atoms with Gasteiger partial charge in [-0.15, -0.1) is 0 Å². The van der Waals surface area contributed by atoms with E-state index in [-0.39, 0.29) is 18.4 Å². The Morgan fingerprint density at radius 1 is 1.12 bits per heavy atom. The molecule has 5 nitrogen and oxygen atoms in total. The first-order valence-electron chi connectivity index (χ1n) is 7.85. The Morgan fingerprint density at radius 2 is 1.88 bits per heavy atom. The third kappa shape index (κ3) is 4.84. The van der Waals surface area contributed by atoms with Crippen LogP contribution in [0.15, 0.2) is 48.5 Å². The highest BCUT2D eigenvalue weighted by Gasteiger charge is 2.08. The van der Waals surface area contributed by atoms with Crippen molar-refractivity contribution in [2.45, 2.75) is 20.3 Å². The standard InChI is InChI=1S/C19H22N2O3/c1-4-15-7-5-10-18(11-15)24-13-19(23)20-16-8-6-9-17(12-16)21(3)14(2)22/h5-12H,4,13H2,1-3H3,(H,20,23). The first-order chi connectivity index (χ1) is 11.5. The number of hydrogen-bond acceptors (Lipinski definition) is 3. The molecular weight excluding hydrogens is 304 g/mol. The van der Waals surface area contributed by atoms with Gasteiger partial charge in [0.15, 0.2) is 6.61 Å². The molecule has 2 aromatic carbocycles. The van der Waals surface area contributed by atoms with E-state index in [0.29, 0.717) is 11.4 Å². The number of aryl methyl sites for hydroxylation is 1. The Kier molecular flexibility index (Phi) is 5.95. The van der Waals surface area contributed by atoms with E-state index < -0.39 is 0 Å². The van der Waals surface area contributed by atoms with Gasteiger partial charge in [-0.2, -0.15) is 0 Å². The van der Waals surface area contributed by atoms with Crippen LogP contribution in [0.5, 0.6) is 5.75 Å². The molecule has 0 aliphatic rings. The van der Waals surface area contributed by atoms with E-state index in [1.165, 1.54) is 11.8 Å². The van der Waals surface area contributed by atoms with E-state index in [4.69, 9.17) is 4.74 Å². The summed E-state index contributed by atoms with van der Waals surface area (Å²) in [6.07, 6.45) is 0.917. The SMILES string of the molecule is CCc1cccc(OCC(=O)Nc2cccc(N(C)C(C)=O)c2)c1. The van der Waals surface area contributed by atoms with Crippen LogP contribution in [-0.2, 0) is 16.0 Å². The lowest BCUT2D eigenvalue weighted by atomic mass is 10.2. The molecule has 1 N–H and O–H groups in total. The van der Waals surface area contributed by atoms with Crippen LogP contribution < -0.4 is 15.0 Å². The van der Waals surface area contributed by atoms with Crippen molar-refractivity contribution in [1.29, 1.82) is 0 Å². The van der Waals surface area contributed by atoms with Crippen molar-refractivity contribution >= 4 is 23.2 Å². The van der Waals surface area contributed by atoms with Crippen LogP contribution in [0, 0.1) is 0 Å². The molecule has 0 unspecified atom stereocenters. The molecule has 0 atom stereocenters. The number of carbonyl (C=O) groups is 2. The largest absolute Gasteiger partial charge is 0.484 e. The van der Waals surface area contributed by atoms with Crippen molar-refractivity contribution in [3.8, 4) is 5.75 Å². The highest BCUT2D eigenvalue weighted by atomic mass is 16.5. The average molecular weight is 326 g/mol. The Hall–Kier alpha value is -2.82. The molecule has 0 heterocycles. The van der Waals surface area contributed by atoms with Gasteiger partial charge in [0.25, 0.3) is 5.91 Å². The second-order valence-electron chi connectivity index (χ2n) is 5.47. The van der Waals surface area contributed by atoms with Crippen LogP contribution in [0.2, 0.25) is 0 Å². The van der Waals surface area contributed by atoms with Gasteiger partial charge in [0.1, 0.15) is 5.75 Å². The fourth-order valence-electron chi connectivity index (χ4n) is 2.18. The molecule has 0 spiro atoms. The average Bonchev–Trinajstić information content (AvgIpc) is 2.59. The first-order valence-corrected chi connectivity index (χ1v) is 7.85. The van der Waals surface area contributed by atoms with Crippen molar-refractivity contribution in [3.63, 3.8) is 0 Å². The quantitative estimate of drug-likeness (QED) is 0.886. The highest BCUT2D eigenvalue weighted by molar-refractivity contribution is 5.94. The Bertz CT molecular complexity index is 728. The molecule has 0 fully saturated rings. The highest BCUT2D eigenvalue weighted by Crippen LogP contribution is 2.19. The molecule has 0 radical (unpaired) electrons. The summed E-state index contributed by atoms with van der Waals surface area (Å²) in [4.78, 5) is 25.0. The van der Waals surface area contributed by atoms with Gasteiger partial charge in [0, 0.05) is 25.3 Å². The van der Waals surface area contributed by atoms with Gasteiger partial charge >= 0.3 is 0 Å². The zero-order valence-electron chi connectivity index (χ0n) is 14.2. The molecule has 2 rings (SSSR count). The van der Waals surface area contributed by atoms with Gasteiger partial charge in [0.2, 0.25) is 5.91 Å². The van der Waals surface area contributed by atoms with Gasteiger partial charge in [0.05, 0.1) is 0 Å². The van der Waals surface area contributed by atoms with Gasteiger partial charge in [-0.3, -0.25) is 9.59 Å². The molecular formula is C19H22N2O3. The summed E-state index contributed by atoms with van der Waals surface area (Å²) in [5.41, 5.74) is 2.50. The fraction of sp³-hybridized carbons (Fsp3) is 0.263. The summed E-state index contributed by atoms with van der Waals surface area (Å²) >= 11 is 0. The van der Waals surface area contributed by atoms with E-state index in [0.717, 1.165) is 17.7 Å². The van der Waals surface area contributed by atoms with Crippen molar-refractivity contribution in [3.05, 3.63) is 54.1 Å². The summed E-state index contributed by atoms with van der Waals surface area (Å²) in [6, 6.07) is 14.8. The van der Waals surface area contributed by atoms with Crippen LogP contribution in [0.3, 0.4) is 0 Å². The Balaban J connectivity index is 1.94. The molecule has 2 aromatic rings. The third-order valence-corrected chi connectivity index (χ3v) is 3.67. The lowest BCUT2D eigenvalue weighted by Gasteiger charge is -2.16. The lowest BCUT2D eigenvalue weighted by Crippen LogP contribution is -2.23. The summed E-state index contributed by atoms with van der Waals surface area (Å²) in [5, 5.41) is 2.77. The lowest BCUT2D eigenvalue weighted by molar-refractivity contribution is -0.118. The normalized spacial score (nSPS) is 10.1. The summed E-state index contributed by atoms with van der Waals surface area (Å²) in [6.45, 7) is 3.49. The predicted molar refractivity (Wildman–Crippen MR) is 95.5 cm³/mol. The van der Waals surface area contributed by atoms with Crippen LogP contribution >= 0.6 is 0 Å². The molecule has 2 amide bonds. The number of nitrogens with zero attached hydrogens (tertiary/aromatic N) is 1. The molecule has 0 aromatic heterocycles. The smallest absolute Gasteiger partial charge is 0.262 e. The van der Waals surface area contributed by atoms with Crippen LogP contribution in [-0.4, -0.2) is 25.5 Å². The number of benzene rings is 2. The van der Waals surface area contributed by atoms with E-state index in [9.17, 15) is 9.59 Å². The van der Waals surface area contributed by atoms with E-state index >= 15 is 0 Å². The van der Waals surface area contributed by atoms with Crippen molar-refractivity contribution in [1.82, 2.24) is 0 Å². The zero-order chi connectivity index (χ0) is 17.5. The predicted octanol–water partition coefficient (Wildman–Crippen LogP) is 3.25. The second-order valence-corrected chi connectivity index (χ2v) is 5.47. The van der Waals surface area contributed by atoms with Crippen LogP contribution in [0.4, 0.5) is 11.4 Å². The first kappa shape index (κ1) is 17.5. The van der Waals surface area contributed by atoms with E-state index in [1.54, 1.807) is 25.2 Å². The molecule has 5 heteroatoms. The summed E-state index contributed by atoms with van der Waals surface area (Å²) < 4.78 is 5.52. The molecule has 126 valence electrons. The number of hydrogen-bond donors (Lipinski definition) is 1. The molecule has 24 heavy (non-hydrogen) atoms. The number of amides is 2. The second kappa shape index (κ2) is 8.15. The van der Waals surface area contributed by atoms with Gasteiger partial charge in [-0.1, -0.05) is 25.1 Å². The maximum Gasteiger partial charge on any atom is 0.262 e. The molecule has 0 aliphatic carbocycles. The van der Waals surface area contributed by atoms with Crippen molar-refractivity contribution < 1.29 is 14.3 Å². The van der Waals surface area contributed by atoms with Crippen LogP contribution in [0.1, 0.15) is 19.4 Å². The minimum absolute atomic E-state index is 0.0695. The van der Waals surface area contributed by atoms with Crippen molar-refractivity contribution in [2.24, 2.45) is 0 Å².